The highest BCUT2D eigenvalue weighted by Gasteiger charge is 2.45. The molecule has 0 aromatic heterocycles. The first-order valence-corrected chi connectivity index (χ1v) is 7.82. The summed E-state index contributed by atoms with van der Waals surface area (Å²) in [6.07, 6.45) is 6.25. The molecule has 0 saturated heterocycles. The summed E-state index contributed by atoms with van der Waals surface area (Å²) in [5, 5.41) is 0. The Labute approximate surface area is 121 Å². The molecular formula is C17H26O3. The third kappa shape index (κ3) is 2.55. The molecule has 0 spiro atoms. The van der Waals surface area contributed by atoms with E-state index in [1.807, 2.05) is 0 Å². The highest BCUT2D eigenvalue weighted by Crippen LogP contribution is 2.51. The summed E-state index contributed by atoms with van der Waals surface area (Å²) in [6.45, 7) is 8.47. The molecule has 2 aliphatic carbocycles. The van der Waals surface area contributed by atoms with Gasteiger partial charge in [-0.2, -0.15) is 0 Å². The van der Waals surface area contributed by atoms with Gasteiger partial charge in [0.1, 0.15) is 0 Å². The number of carbonyl (C=O) groups is 2. The summed E-state index contributed by atoms with van der Waals surface area (Å²) in [5.41, 5.74) is 0.735. The molecule has 4 atom stereocenters. The van der Waals surface area contributed by atoms with E-state index in [2.05, 4.69) is 19.9 Å². The van der Waals surface area contributed by atoms with Crippen molar-refractivity contribution in [3.8, 4) is 0 Å². The normalized spacial score (nSPS) is 35.0. The molecule has 2 aliphatic rings. The molecule has 2 rings (SSSR count). The van der Waals surface area contributed by atoms with Gasteiger partial charge in [-0.15, -0.1) is 0 Å². The Morgan fingerprint density at radius 1 is 1.50 bits per heavy atom. The maximum Gasteiger partial charge on any atom is 0.313 e. The van der Waals surface area contributed by atoms with Gasteiger partial charge in [0.05, 0.1) is 12.5 Å². The number of ether oxygens (including phenoxy) is 1. The van der Waals surface area contributed by atoms with E-state index in [1.54, 1.807) is 13.8 Å². The van der Waals surface area contributed by atoms with E-state index in [1.165, 1.54) is 12.8 Å². The topological polar surface area (TPSA) is 43.4 Å². The second-order valence-electron chi connectivity index (χ2n) is 6.60. The van der Waals surface area contributed by atoms with Crippen molar-refractivity contribution in [1.82, 2.24) is 0 Å². The first-order chi connectivity index (χ1) is 9.40. The van der Waals surface area contributed by atoms with E-state index in [4.69, 9.17) is 4.74 Å². The fraction of sp³-hybridized carbons (Fsp3) is 0.765. The number of Topliss-reactive ketones (excluding diaryl/α,β-unsaturated/α-hetero) is 1. The van der Waals surface area contributed by atoms with Crippen molar-refractivity contribution in [3.05, 3.63) is 11.6 Å². The minimum absolute atomic E-state index is 0.0578. The molecule has 1 saturated carbocycles. The summed E-state index contributed by atoms with van der Waals surface area (Å²) < 4.78 is 5.07. The summed E-state index contributed by atoms with van der Waals surface area (Å²) in [5.74, 6) is 0.435. The Morgan fingerprint density at radius 2 is 2.20 bits per heavy atom. The van der Waals surface area contributed by atoms with Crippen LogP contribution in [-0.4, -0.2) is 18.4 Å². The number of hydrogen-bond donors (Lipinski definition) is 0. The lowest BCUT2D eigenvalue weighted by Gasteiger charge is -2.47. The van der Waals surface area contributed by atoms with Gasteiger partial charge in [0, 0.05) is 12.0 Å². The molecule has 0 aliphatic heterocycles. The van der Waals surface area contributed by atoms with Crippen LogP contribution in [0.25, 0.3) is 0 Å². The molecule has 0 aromatic rings. The zero-order valence-corrected chi connectivity index (χ0v) is 13.1. The van der Waals surface area contributed by atoms with Gasteiger partial charge in [-0.25, -0.2) is 0 Å². The maximum atomic E-state index is 12.4. The fourth-order valence-electron chi connectivity index (χ4n) is 3.79. The number of esters is 1. The first-order valence-electron chi connectivity index (χ1n) is 7.82. The van der Waals surface area contributed by atoms with E-state index in [-0.39, 0.29) is 17.2 Å². The number of fused-ring (bicyclic) bond motifs is 1. The number of ketones is 1. The summed E-state index contributed by atoms with van der Waals surface area (Å²) in [7, 11) is 0. The first kappa shape index (κ1) is 15.3. The van der Waals surface area contributed by atoms with Crippen molar-refractivity contribution >= 4 is 11.8 Å². The molecule has 112 valence electrons. The van der Waals surface area contributed by atoms with E-state index >= 15 is 0 Å². The van der Waals surface area contributed by atoms with Crippen LogP contribution in [0.15, 0.2) is 11.6 Å². The SMILES string of the molecule is CCOC(=O)[C@@H](C)C1=C[C@@]2(C)[C@H](CCC[C@@H]2C)CC1=O. The van der Waals surface area contributed by atoms with Gasteiger partial charge < -0.3 is 4.74 Å². The Kier molecular flexibility index (Phi) is 4.36. The molecule has 0 aromatic carbocycles. The zero-order chi connectivity index (χ0) is 14.9. The summed E-state index contributed by atoms with van der Waals surface area (Å²) in [6, 6.07) is 0. The van der Waals surface area contributed by atoms with Gasteiger partial charge in [-0.1, -0.05) is 26.3 Å². The van der Waals surface area contributed by atoms with Gasteiger partial charge in [0.2, 0.25) is 0 Å². The summed E-state index contributed by atoms with van der Waals surface area (Å²) in [4.78, 5) is 24.3. The number of rotatable bonds is 3. The van der Waals surface area contributed by atoms with Crippen LogP contribution in [0.1, 0.15) is 53.4 Å². The molecule has 0 unspecified atom stereocenters. The number of carbonyl (C=O) groups excluding carboxylic acids is 2. The standard InChI is InChI=1S/C17H26O3/c1-5-20-16(19)12(3)14-10-17(4)11(2)7-6-8-13(17)9-15(14)18/h10-13H,5-9H2,1-4H3/t11-,12-,13+,17+/m0/s1. The van der Waals surface area contributed by atoms with E-state index in [0.29, 0.717) is 30.4 Å². The van der Waals surface area contributed by atoms with E-state index in [0.717, 1.165) is 6.42 Å². The Hall–Kier alpha value is -1.12. The maximum absolute atomic E-state index is 12.4. The van der Waals surface area contributed by atoms with Crippen molar-refractivity contribution < 1.29 is 14.3 Å². The molecule has 0 bridgehead atoms. The molecule has 0 radical (unpaired) electrons. The molecule has 0 amide bonds. The lowest BCUT2D eigenvalue weighted by molar-refractivity contribution is -0.147. The molecule has 0 heterocycles. The van der Waals surface area contributed by atoms with Crippen molar-refractivity contribution in [2.45, 2.75) is 53.4 Å². The fourth-order valence-corrected chi connectivity index (χ4v) is 3.79. The lowest BCUT2D eigenvalue weighted by atomic mass is 9.56. The van der Waals surface area contributed by atoms with Gasteiger partial charge in [0.15, 0.2) is 5.78 Å². The zero-order valence-electron chi connectivity index (χ0n) is 13.1. The van der Waals surface area contributed by atoms with Crippen molar-refractivity contribution in [1.29, 1.82) is 0 Å². The average molecular weight is 278 g/mol. The predicted octanol–water partition coefficient (Wildman–Crippen LogP) is 3.53. The number of hydrogen-bond acceptors (Lipinski definition) is 3. The van der Waals surface area contributed by atoms with Crippen LogP contribution < -0.4 is 0 Å². The third-order valence-electron chi connectivity index (χ3n) is 5.46. The monoisotopic (exact) mass is 278 g/mol. The Balaban J connectivity index is 2.30. The molecule has 3 heteroatoms. The largest absolute Gasteiger partial charge is 0.466 e. The molecule has 0 N–H and O–H groups in total. The van der Waals surface area contributed by atoms with Crippen LogP contribution in [0.5, 0.6) is 0 Å². The Morgan fingerprint density at radius 3 is 2.85 bits per heavy atom. The Bertz CT molecular complexity index is 438. The van der Waals surface area contributed by atoms with Crippen LogP contribution in [0, 0.1) is 23.2 Å². The van der Waals surface area contributed by atoms with E-state index < -0.39 is 5.92 Å². The van der Waals surface area contributed by atoms with Crippen LogP contribution in [0.3, 0.4) is 0 Å². The van der Waals surface area contributed by atoms with Crippen molar-refractivity contribution in [2.75, 3.05) is 6.61 Å². The summed E-state index contributed by atoms with van der Waals surface area (Å²) >= 11 is 0. The van der Waals surface area contributed by atoms with Gasteiger partial charge in [0.25, 0.3) is 0 Å². The molecule has 20 heavy (non-hydrogen) atoms. The minimum atomic E-state index is -0.436. The highest BCUT2D eigenvalue weighted by atomic mass is 16.5. The van der Waals surface area contributed by atoms with Gasteiger partial charge in [-0.05, 0) is 43.9 Å². The van der Waals surface area contributed by atoms with Crippen LogP contribution in [-0.2, 0) is 14.3 Å². The van der Waals surface area contributed by atoms with E-state index in [9.17, 15) is 9.59 Å². The van der Waals surface area contributed by atoms with Crippen LogP contribution in [0.2, 0.25) is 0 Å². The second kappa shape index (κ2) is 5.71. The lowest BCUT2D eigenvalue weighted by Crippen LogP contribution is -2.42. The average Bonchev–Trinajstić information content (AvgIpc) is 2.40. The quantitative estimate of drug-likeness (QED) is 0.742. The van der Waals surface area contributed by atoms with Gasteiger partial charge in [-0.3, -0.25) is 9.59 Å². The van der Waals surface area contributed by atoms with Crippen LogP contribution in [0.4, 0.5) is 0 Å². The highest BCUT2D eigenvalue weighted by molar-refractivity contribution is 6.01. The molecule has 3 nitrogen and oxygen atoms in total. The minimum Gasteiger partial charge on any atom is -0.466 e. The van der Waals surface area contributed by atoms with Crippen molar-refractivity contribution in [3.63, 3.8) is 0 Å². The molecule has 1 fully saturated rings. The van der Waals surface area contributed by atoms with Crippen molar-refractivity contribution in [2.24, 2.45) is 23.2 Å². The van der Waals surface area contributed by atoms with Crippen LogP contribution >= 0.6 is 0 Å². The third-order valence-corrected chi connectivity index (χ3v) is 5.46. The smallest absolute Gasteiger partial charge is 0.313 e. The predicted molar refractivity (Wildman–Crippen MR) is 78.1 cm³/mol. The second-order valence-corrected chi connectivity index (χ2v) is 6.60. The molecular weight excluding hydrogens is 252 g/mol. The van der Waals surface area contributed by atoms with Gasteiger partial charge >= 0.3 is 5.97 Å². The number of allylic oxidation sites excluding steroid dienone is 1.